The van der Waals surface area contributed by atoms with Gasteiger partial charge in [0, 0.05) is 11.7 Å². The van der Waals surface area contributed by atoms with E-state index in [1.54, 1.807) is 0 Å². The third kappa shape index (κ3) is 2.28. The number of nitrogens with two attached hydrogens (primary N) is 1. The summed E-state index contributed by atoms with van der Waals surface area (Å²) in [5, 5.41) is 8.95. The van der Waals surface area contributed by atoms with E-state index in [4.69, 9.17) is 20.3 Å². The average molecular weight is 273 g/mol. The quantitative estimate of drug-likeness (QED) is 0.784. The number of nitrogens with zero attached hydrogens (tertiary/aromatic N) is 2. The maximum atomic E-state index is 11.5. The molecule has 1 amide bonds. The van der Waals surface area contributed by atoms with Crippen molar-refractivity contribution in [1.82, 2.24) is 4.98 Å². The summed E-state index contributed by atoms with van der Waals surface area (Å²) in [7, 11) is -0.775. The fourth-order valence-corrected chi connectivity index (χ4v) is 1.90. The molecule has 0 atom stereocenters. The van der Waals surface area contributed by atoms with Crippen molar-refractivity contribution in [2.24, 2.45) is 5.73 Å². The van der Waals surface area contributed by atoms with Gasteiger partial charge in [0.15, 0.2) is 0 Å². The molecule has 2 N–H and O–H groups in total. The molecular weight excluding hydrogens is 257 g/mol. The Kier molecular flexibility index (Phi) is 3.32. The first-order valence-electron chi connectivity index (χ1n) is 6.23. The normalized spacial score (nSPS) is 19.6. The van der Waals surface area contributed by atoms with Crippen molar-refractivity contribution in [3.8, 4) is 6.07 Å². The van der Waals surface area contributed by atoms with Crippen molar-refractivity contribution < 1.29 is 14.1 Å². The Morgan fingerprint density at radius 2 is 1.90 bits per heavy atom. The zero-order valence-corrected chi connectivity index (χ0v) is 11.9. The van der Waals surface area contributed by atoms with Crippen LogP contribution >= 0.6 is 0 Å². The molecule has 0 unspecified atom stereocenters. The summed E-state index contributed by atoms with van der Waals surface area (Å²) >= 11 is 0. The van der Waals surface area contributed by atoms with E-state index in [2.05, 4.69) is 4.98 Å². The smallest absolute Gasteiger partial charge is 0.399 e. The monoisotopic (exact) mass is 273 g/mol. The molecule has 7 heteroatoms. The molecule has 1 fully saturated rings. The van der Waals surface area contributed by atoms with Gasteiger partial charge >= 0.3 is 7.12 Å². The van der Waals surface area contributed by atoms with E-state index in [9.17, 15) is 4.79 Å². The topological polar surface area (TPSA) is 98.2 Å². The number of rotatable bonds is 2. The largest absolute Gasteiger partial charge is 0.497 e. The van der Waals surface area contributed by atoms with Gasteiger partial charge in [-0.15, -0.1) is 0 Å². The minimum Gasteiger partial charge on any atom is -0.399 e. The van der Waals surface area contributed by atoms with Crippen molar-refractivity contribution in [3.05, 3.63) is 23.5 Å². The molecule has 104 valence electrons. The molecule has 1 aromatic heterocycles. The van der Waals surface area contributed by atoms with Crippen molar-refractivity contribution >= 4 is 18.5 Å². The summed E-state index contributed by atoms with van der Waals surface area (Å²) in [5.74, 6) is -0.681. The molecule has 2 rings (SSSR count). The number of hydrogen-bond donors (Lipinski definition) is 1. The summed E-state index contributed by atoms with van der Waals surface area (Å²) in [6.07, 6.45) is 1.30. The summed E-state index contributed by atoms with van der Waals surface area (Å²) in [6, 6.07) is 3.50. The average Bonchev–Trinajstić information content (AvgIpc) is 2.57. The van der Waals surface area contributed by atoms with Crippen LogP contribution in [0.5, 0.6) is 0 Å². The molecular formula is C13H16BN3O3. The predicted molar refractivity (Wildman–Crippen MR) is 73.2 cm³/mol. The van der Waals surface area contributed by atoms with Gasteiger partial charge in [-0.1, -0.05) is 0 Å². The van der Waals surface area contributed by atoms with Gasteiger partial charge in [0.25, 0.3) is 5.91 Å². The van der Waals surface area contributed by atoms with Gasteiger partial charge in [0.05, 0.1) is 16.8 Å². The number of hydrogen-bond acceptors (Lipinski definition) is 5. The highest BCUT2D eigenvalue weighted by molar-refractivity contribution is 6.63. The molecule has 0 saturated carbocycles. The third-order valence-corrected chi connectivity index (χ3v) is 3.79. The molecule has 0 aliphatic carbocycles. The highest BCUT2D eigenvalue weighted by Gasteiger charge is 2.52. The Bertz CT molecular complexity index is 591. The van der Waals surface area contributed by atoms with Crippen LogP contribution in [0.25, 0.3) is 0 Å². The number of primary amides is 1. The van der Waals surface area contributed by atoms with Crippen LogP contribution in [0.1, 0.15) is 43.7 Å². The third-order valence-electron chi connectivity index (χ3n) is 3.79. The standard InChI is InChI=1S/C13H16BN3O3/c1-12(2)13(3,4)20-14(19-12)9-5-8(6-15)7-17-10(9)11(16)18/h5,7H,1-4H3,(H2,16,18). The zero-order chi connectivity index (χ0) is 15.1. The second-order valence-electron chi connectivity index (χ2n) is 5.73. The maximum Gasteiger partial charge on any atom is 0.497 e. The highest BCUT2D eigenvalue weighted by atomic mass is 16.7. The van der Waals surface area contributed by atoms with Crippen molar-refractivity contribution in [2.75, 3.05) is 0 Å². The summed E-state index contributed by atoms with van der Waals surface area (Å²) in [4.78, 5) is 15.4. The molecule has 2 heterocycles. The minimum absolute atomic E-state index is 0.0579. The molecule has 6 nitrogen and oxygen atoms in total. The molecule has 1 aliphatic rings. The predicted octanol–water partition coefficient (Wildman–Crippen LogP) is 0.351. The van der Waals surface area contributed by atoms with Gasteiger partial charge in [0.2, 0.25) is 0 Å². The lowest BCUT2D eigenvalue weighted by Crippen LogP contribution is -2.41. The number of nitriles is 1. The second-order valence-corrected chi connectivity index (χ2v) is 5.73. The van der Waals surface area contributed by atoms with Crippen molar-refractivity contribution in [3.63, 3.8) is 0 Å². The molecule has 20 heavy (non-hydrogen) atoms. The van der Waals surface area contributed by atoms with Crippen molar-refractivity contribution in [2.45, 2.75) is 38.9 Å². The van der Waals surface area contributed by atoms with E-state index < -0.39 is 24.2 Å². The number of amides is 1. The van der Waals surface area contributed by atoms with E-state index in [-0.39, 0.29) is 5.69 Å². The summed E-state index contributed by atoms with van der Waals surface area (Å²) in [5.41, 5.74) is 4.98. The first-order chi connectivity index (χ1) is 9.18. The fraction of sp³-hybridized carbons (Fsp3) is 0.462. The first kappa shape index (κ1) is 14.5. The zero-order valence-electron chi connectivity index (χ0n) is 11.9. The lowest BCUT2D eigenvalue weighted by Gasteiger charge is -2.32. The molecule has 1 aromatic rings. The maximum absolute atomic E-state index is 11.5. The molecule has 0 spiro atoms. The Hall–Kier alpha value is -1.91. The fourth-order valence-electron chi connectivity index (χ4n) is 1.90. The Morgan fingerprint density at radius 1 is 1.35 bits per heavy atom. The molecule has 1 saturated heterocycles. The van der Waals surface area contributed by atoms with Crippen LogP contribution in [-0.4, -0.2) is 29.2 Å². The van der Waals surface area contributed by atoms with Gasteiger partial charge < -0.3 is 15.0 Å². The van der Waals surface area contributed by atoms with E-state index in [1.807, 2.05) is 33.8 Å². The van der Waals surface area contributed by atoms with Gasteiger partial charge in [-0.3, -0.25) is 9.78 Å². The van der Waals surface area contributed by atoms with Gasteiger partial charge in [0.1, 0.15) is 11.8 Å². The SMILES string of the molecule is CC1(C)OB(c2cc(C#N)cnc2C(N)=O)OC1(C)C. The number of carbonyl (C=O) groups is 1. The molecule has 1 aliphatic heterocycles. The summed E-state index contributed by atoms with van der Waals surface area (Å²) in [6.45, 7) is 7.61. The van der Waals surface area contributed by atoms with E-state index in [0.29, 0.717) is 11.0 Å². The van der Waals surface area contributed by atoms with Crippen LogP contribution in [-0.2, 0) is 9.31 Å². The van der Waals surface area contributed by atoms with Crippen LogP contribution in [0.3, 0.4) is 0 Å². The molecule has 0 radical (unpaired) electrons. The number of carbonyl (C=O) groups excluding carboxylic acids is 1. The molecule has 0 aromatic carbocycles. The molecule has 0 bridgehead atoms. The van der Waals surface area contributed by atoms with Crippen molar-refractivity contribution in [1.29, 1.82) is 5.26 Å². The Balaban J connectivity index is 2.48. The highest BCUT2D eigenvalue weighted by Crippen LogP contribution is 2.36. The van der Waals surface area contributed by atoms with E-state index in [0.717, 1.165) is 0 Å². The van der Waals surface area contributed by atoms with Crippen LogP contribution < -0.4 is 11.2 Å². The Morgan fingerprint density at radius 3 is 2.35 bits per heavy atom. The summed E-state index contributed by atoms with van der Waals surface area (Å²) < 4.78 is 11.7. The second kappa shape index (κ2) is 4.58. The van der Waals surface area contributed by atoms with Crippen LogP contribution in [0.2, 0.25) is 0 Å². The first-order valence-corrected chi connectivity index (χ1v) is 6.23. The number of aromatic nitrogens is 1. The minimum atomic E-state index is -0.775. The van der Waals surface area contributed by atoms with E-state index >= 15 is 0 Å². The van der Waals surface area contributed by atoms with Gasteiger partial charge in [-0.05, 0) is 33.8 Å². The Labute approximate surface area is 118 Å². The van der Waals surface area contributed by atoms with Crippen LogP contribution in [0.15, 0.2) is 12.3 Å². The lowest BCUT2D eigenvalue weighted by atomic mass is 9.77. The van der Waals surface area contributed by atoms with Gasteiger partial charge in [-0.25, -0.2) is 0 Å². The number of pyridine rings is 1. The van der Waals surface area contributed by atoms with Gasteiger partial charge in [-0.2, -0.15) is 5.26 Å². The van der Waals surface area contributed by atoms with Crippen LogP contribution in [0.4, 0.5) is 0 Å². The lowest BCUT2D eigenvalue weighted by molar-refractivity contribution is 0.00578. The van der Waals surface area contributed by atoms with E-state index in [1.165, 1.54) is 12.3 Å². The van der Waals surface area contributed by atoms with Crippen LogP contribution in [0, 0.1) is 11.3 Å².